The van der Waals surface area contributed by atoms with Crippen molar-refractivity contribution in [2.24, 2.45) is 0 Å². The van der Waals surface area contributed by atoms with Crippen LogP contribution in [0.4, 0.5) is 14.7 Å². The highest BCUT2D eigenvalue weighted by Crippen LogP contribution is 2.33. The van der Waals surface area contributed by atoms with Crippen molar-refractivity contribution in [2.75, 3.05) is 10.0 Å². The van der Waals surface area contributed by atoms with Gasteiger partial charge in [-0.25, -0.2) is 22.8 Å². The summed E-state index contributed by atoms with van der Waals surface area (Å²) in [5.74, 6) is -0.689. The summed E-state index contributed by atoms with van der Waals surface area (Å²) in [4.78, 5) is 8.18. The van der Waals surface area contributed by atoms with Crippen molar-refractivity contribution in [3.05, 3.63) is 51.7 Å². The number of sulfonamides is 1. The predicted octanol–water partition coefficient (Wildman–Crippen LogP) is 4.42. The van der Waals surface area contributed by atoms with Gasteiger partial charge in [0.2, 0.25) is 0 Å². The van der Waals surface area contributed by atoms with Gasteiger partial charge in [0.05, 0.1) is 5.69 Å². The fraction of sp³-hybridized carbons (Fsp3) is 0.368. The number of thiazole rings is 2. The summed E-state index contributed by atoms with van der Waals surface area (Å²) in [7, 11) is -4.03. The molecule has 0 saturated carbocycles. The molecule has 2 N–H and O–H groups in total. The minimum atomic E-state index is -4.03. The van der Waals surface area contributed by atoms with Crippen LogP contribution in [-0.4, -0.2) is 24.4 Å². The van der Waals surface area contributed by atoms with Gasteiger partial charge in [-0.05, 0) is 30.0 Å². The zero-order chi connectivity index (χ0) is 20.8. The van der Waals surface area contributed by atoms with E-state index in [2.05, 4.69) is 40.8 Å². The van der Waals surface area contributed by atoms with Crippen LogP contribution in [0.15, 0.2) is 34.0 Å². The Morgan fingerprint density at radius 2 is 1.97 bits per heavy atom. The second kappa shape index (κ2) is 7.33. The normalized spacial score (nSPS) is 16.6. The van der Waals surface area contributed by atoms with E-state index in [4.69, 9.17) is 0 Å². The van der Waals surface area contributed by atoms with E-state index in [-0.39, 0.29) is 21.5 Å². The first-order chi connectivity index (χ1) is 13.6. The van der Waals surface area contributed by atoms with Crippen LogP contribution in [0.1, 0.15) is 37.6 Å². The van der Waals surface area contributed by atoms with Crippen molar-refractivity contribution < 1.29 is 12.8 Å². The Morgan fingerprint density at radius 3 is 2.62 bits per heavy atom. The molecular formula is C19H21FN4O2S3. The summed E-state index contributed by atoms with van der Waals surface area (Å²) in [6.45, 7) is 6.32. The summed E-state index contributed by atoms with van der Waals surface area (Å²) >= 11 is 2.67. The molecule has 0 saturated heterocycles. The summed E-state index contributed by atoms with van der Waals surface area (Å²) in [6.07, 6.45) is 2.52. The van der Waals surface area contributed by atoms with Gasteiger partial charge in [0.1, 0.15) is 10.7 Å². The van der Waals surface area contributed by atoms with E-state index in [1.165, 1.54) is 23.6 Å². The van der Waals surface area contributed by atoms with Crippen LogP contribution in [0.25, 0.3) is 0 Å². The molecule has 1 atom stereocenters. The molecule has 0 fully saturated rings. The van der Waals surface area contributed by atoms with Gasteiger partial charge < -0.3 is 5.32 Å². The summed E-state index contributed by atoms with van der Waals surface area (Å²) in [6, 6.07) is 3.00. The van der Waals surface area contributed by atoms with Crippen LogP contribution in [0.5, 0.6) is 0 Å². The third-order valence-electron chi connectivity index (χ3n) is 4.77. The summed E-state index contributed by atoms with van der Waals surface area (Å²) in [5, 5.41) is 8.06. The molecule has 6 nitrogen and oxygen atoms in total. The number of anilines is 2. The Labute approximate surface area is 177 Å². The predicted molar refractivity (Wildman–Crippen MR) is 115 cm³/mol. The van der Waals surface area contributed by atoms with E-state index in [0.29, 0.717) is 18.4 Å². The molecule has 10 heteroatoms. The lowest BCUT2D eigenvalue weighted by Gasteiger charge is -2.15. The van der Waals surface area contributed by atoms with Gasteiger partial charge >= 0.3 is 0 Å². The number of rotatable bonds is 5. The zero-order valence-electron chi connectivity index (χ0n) is 16.2. The molecule has 4 rings (SSSR count). The Hall–Kier alpha value is -2.04. The smallest absolute Gasteiger partial charge is 0.266 e. The molecular weight excluding hydrogens is 431 g/mol. The van der Waals surface area contributed by atoms with Gasteiger partial charge in [-0.3, -0.25) is 4.72 Å². The van der Waals surface area contributed by atoms with Crippen molar-refractivity contribution in [3.63, 3.8) is 0 Å². The quantitative estimate of drug-likeness (QED) is 0.599. The molecule has 0 aliphatic heterocycles. The lowest BCUT2D eigenvalue weighted by atomic mass is 9.93. The summed E-state index contributed by atoms with van der Waals surface area (Å²) < 4.78 is 42.6. The van der Waals surface area contributed by atoms with Gasteiger partial charge in [0.25, 0.3) is 10.0 Å². The molecule has 29 heavy (non-hydrogen) atoms. The second-order valence-corrected chi connectivity index (χ2v) is 11.4. The second-order valence-electron chi connectivity index (χ2n) is 8.00. The van der Waals surface area contributed by atoms with Crippen LogP contribution in [-0.2, 0) is 28.3 Å². The number of hydrogen-bond acceptors (Lipinski definition) is 7. The molecule has 0 amide bonds. The highest BCUT2D eigenvalue weighted by molar-refractivity contribution is 7.93. The Kier molecular flexibility index (Phi) is 5.12. The number of hydrogen-bond donors (Lipinski definition) is 2. The first kappa shape index (κ1) is 20.2. The van der Waals surface area contributed by atoms with Crippen LogP contribution in [0, 0.1) is 5.82 Å². The lowest BCUT2D eigenvalue weighted by Crippen LogP contribution is -2.20. The zero-order valence-corrected chi connectivity index (χ0v) is 18.6. The third kappa shape index (κ3) is 4.15. The SMILES string of the molecule is CC(C)(C)c1csc(NC2Cc3ccc(S(=O)(=O)Nc4nccs4)c(F)c3C2)n1. The highest BCUT2D eigenvalue weighted by atomic mass is 32.2. The first-order valence-electron chi connectivity index (χ1n) is 9.08. The highest BCUT2D eigenvalue weighted by Gasteiger charge is 2.30. The average molecular weight is 453 g/mol. The van der Waals surface area contributed by atoms with E-state index in [1.54, 1.807) is 11.4 Å². The van der Waals surface area contributed by atoms with Crippen molar-refractivity contribution in [2.45, 2.75) is 50.0 Å². The number of nitrogens with zero attached hydrogens (tertiary/aromatic N) is 2. The Bertz CT molecular complexity index is 1130. The van der Waals surface area contributed by atoms with Gasteiger partial charge in [-0.1, -0.05) is 26.8 Å². The molecule has 1 aromatic carbocycles. The molecule has 1 aliphatic rings. The maximum absolute atomic E-state index is 15.1. The van der Waals surface area contributed by atoms with Crippen molar-refractivity contribution in [1.29, 1.82) is 0 Å². The lowest BCUT2D eigenvalue weighted by molar-refractivity contribution is 0.561. The van der Waals surface area contributed by atoms with Gasteiger partial charge in [-0.2, -0.15) is 0 Å². The molecule has 0 radical (unpaired) electrons. The van der Waals surface area contributed by atoms with Crippen LogP contribution >= 0.6 is 22.7 Å². The molecule has 2 heterocycles. The summed E-state index contributed by atoms with van der Waals surface area (Å²) in [5.41, 5.74) is 2.24. The van der Waals surface area contributed by atoms with E-state index in [9.17, 15) is 8.42 Å². The van der Waals surface area contributed by atoms with Crippen LogP contribution < -0.4 is 10.0 Å². The topological polar surface area (TPSA) is 84.0 Å². The first-order valence-corrected chi connectivity index (χ1v) is 12.3. The Morgan fingerprint density at radius 1 is 1.17 bits per heavy atom. The van der Waals surface area contributed by atoms with Crippen LogP contribution in [0.2, 0.25) is 0 Å². The number of fused-ring (bicyclic) bond motifs is 1. The fourth-order valence-corrected chi connectivity index (χ4v) is 6.16. The van der Waals surface area contributed by atoms with Gasteiger partial charge in [-0.15, -0.1) is 22.7 Å². The number of halogens is 1. The van der Waals surface area contributed by atoms with Crippen molar-refractivity contribution in [1.82, 2.24) is 9.97 Å². The fourth-order valence-electron chi connectivity index (χ4n) is 3.25. The minimum Gasteiger partial charge on any atom is -0.358 e. The molecule has 1 unspecified atom stereocenters. The molecule has 3 aromatic rings. The van der Waals surface area contributed by atoms with Gasteiger partial charge in [0.15, 0.2) is 10.3 Å². The van der Waals surface area contributed by atoms with Crippen molar-refractivity contribution >= 4 is 43.0 Å². The largest absolute Gasteiger partial charge is 0.358 e. The molecule has 0 bridgehead atoms. The molecule has 2 aromatic heterocycles. The van der Waals surface area contributed by atoms with Gasteiger partial charge in [0, 0.05) is 28.4 Å². The number of aromatic nitrogens is 2. The van der Waals surface area contributed by atoms with E-state index in [1.807, 2.05) is 5.38 Å². The van der Waals surface area contributed by atoms with Crippen molar-refractivity contribution in [3.8, 4) is 0 Å². The molecule has 154 valence electrons. The maximum atomic E-state index is 15.1. The molecule has 0 spiro atoms. The van der Waals surface area contributed by atoms with E-state index >= 15 is 4.39 Å². The number of nitrogens with one attached hydrogen (secondary N) is 2. The monoisotopic (exact) mass is 452 g/mol. The average Bonchev–Trinajstić information content (AvgIpc) is 3.34. The molecule has 1 aliphatic carbocycles. The third-order valence-corrected chi connectivity index (χ3v) is 7.71. The number of benzene rings is 1. The minimum absolute atomic E-state index is 0.0247. The van der Waals surface area contributed by atoms with E-state index in [0.717, 1.165) is 27.7 Å². The Balaban J connectivity index is 1.53. The standard InChI is InChI=1S/C19H21FN4O2S3/c1-19(2,3)15-10-28-18(23-15)22-12-8-11-4-5-14(16(20)13(11)9-12)29(25,26)24-17-21-6-7-27-17/h4-7,10,12H,8-9H2,1-3H3,(H,21,24)(H,22,23). The van der Waals surface area contributed by atoms with Crippen LogP contribution in [0.3, 0.4) is 0 Å². The maximum Gasteiger partial charge on any atom is 0.266 e. The van der Waals surface area contributed by atoms with E-state index < -0.39 is 15.8 Å².